The zero-order chi connectivity index (χ0) is 19.8. The van der Waals surface area contributed by atoms with Gasteiger partial charge in [-0.2, -0.15) is 0 Å². The van der Waals surface area contributed by atoms with Gasteiger partial charge < -0.3 is 20.3 Å². The molecule has 3 rings (SSSR count). The van der Waals surface area contributed by atoms with Gasteiger partial charge >= 0.3 is 0 Å². The number of likely N-dealkylation sites (tertiary alicyclic amines) is 1. The maximum Gasteiger partial charge on any atom is 0.234 e. The molecule has 0 radical (unpaired) electrons. The number of nitrogens with zero attached hydrogens (tertiary/aromatic N) is 2. The highest BCUT2D eigenvalue weighted by Gasteiger charge is 2.18. The number of carbonyl (C=O) groups is 2. The van der Waals surface area contributed by atoms with Crippen molar-refractivity contribution in [3.8, 4) is 5.75 Å². The maximum atomic E-state index is 12.6. The SMILES string of the molecule is COc1cc(CN2CCNC(=O)C2)ccc1C(=O)CNCCN1CCCCC1. The van der Waals surface area contributed by atoms with E-state index in [0.29, 0.717) is 37.5 Å². The second-order valence-electron chi connectivity index (χ2n) is 7.60. The Labute approximate surface area is 167 Å². The van der Waals surface area contributed by atoms with Crippen molar-refractivity contribution in [3.05, 3.63) is 29.3 Å². The fourth-order valence-corrected chi connectivity index (χ4v) is 3.87. The first-order chi connectivity index (χ1) is 13.7. The van der Waals surface area contributed by atoms with Gasteiger partial charge in [0, 0.05) is 32.7 Å². The molecule has 28 heavy (non-hydrogen) atoms. The molecule has 2 aliphatic rings. The van der Waals surface area contributed by atoms with Crippen LogP contribution < -0.4 is 15.4 Å². The van der Waals surface area contributed by atoms with Crippen LogP contribution in [0.3, 0.4) is 0 Å². The first kappa shape index (κ1) is 20.8. The number of benzene rings is 1. The number of hydrogen-bond acceptors (Lipinski definition) is 6. The molecule has 0 bridgehead atoms. The fraction of sp³-hybridized carbons (Fsp3) is 0.619. The molecule has 0 unspecified atom stereocenters. The number of methoxy groups -OCH3 is 1. The van der Waals surface area contributed by atoms with Gasteiger partial charge in [0.2, 0.25) is 5.91 Å². The molecule has 2 saturated heterocycles. The molecule has 1 aromatic rings. The fourth-order valence-electron chi connectivity index (χ4n) is 3.87. The summed E-state index contributed by atoms with van der Waals surface area (Å²) in [5.74, 6) is 0.696. The normalized spacial score (nSPS) is 18.7. The second kappa shape index (κ2) is 10.5. The Bertz CT molecular complexity index is 674. The number of carbonyl (C=O) groups excluding carboxylic acids is 2. The van der Waals surface area contributed by atoms with Crippen LogP contribution in [0.5, 0.6) is 5.75 Å². The molecule has 154 valence electrons. The number of ketones is 1. The lowest BCUT2D eigenvalue weighted by atomic mass is 10.1. The molecule has 0 saturated carbocycles. The number of piperidine rings is 1. The second-order valence-corrected chi connectivity index (χ2v) is 7.60. The molecular weight excluding hydrogens is 356 g/mol. The Kier molecular flexibility index (Phi) is 7.82. The summed E-state index contributed by atoms with van der Waals surface area (Å²) in [6.45, 7) is 7.06. The molecule has 1 amide bonds. The third-order valence-electron chi connectivity index (χ3n) is 5.43. The number of rotatable bonds is 9. The summed E-state index contributed by atoms with van der Waals surface area (Å²) in [6.07, 6.45) is 3.90. The van der Waals surface area contributed by atoms with E-state index in [1.54, 1.807) is 7.11 Å². The molecule has 1 aromatic carbocycles. The highest BCUT2D eigenvalue weighted by Crippen LogP contribution is 2.22. The minimum Gasteiger partial charge on any atom is -0.496 e. The lowest BCUT2D eigenvalue weighted by molar-refractivity contribution is -0.124. The standard InChI is InChI=1S/C21H32N4O3/c1-28-20-13-17(15-25-12-8-23-21(27)16-25)5-6-18(20)19(26)14-22-7-11-24-9-3-2-4-10-24/h5-6,13,22H,2-4,7-12,14-16H2,1H3,(H,23,27). The van der Waals surface area contributed by atoms with Crippen LogP contribution in [-0.2, 0) is 11.3 Å². The summed E-state index contributed by atoms with van der Waals surface area (Å²) >= 11 is 0. The minimum absolute atomic E-state index is 0.0411. The summed E-state index contributed by atoms with van der Waals surface area (Å²) in [4.78, 5) is 28.7. The van der Waals surface area contributed by atoms with Crippen LogP contribution in [0.15, 0.2) is 18.2 Å². The zero-order valence-corrected chi connectivity index (χ0v) is 16.8. The van der Waals surface area contributed by atoms with Crippen molar-refractivity contribution in [1.82, 2.24) is 20.4 Å². The lowest BCUT2D eigenvalue weighted by Gasteiger charge is -2.26. The van der Waals surface area contributed by atoms with Crippen LogP contribution in [0.4, 0.5) is 0 Å². The van der Waals surface area contributed by atoms with Gasteiger partial charge in [0.1, 0.15) is 5.75 Å². The van der Waals surface area contributed by atoms with Crippen molar-refractivity contribution >= 4 is 11.7 Å². The monoisotopic (exact) mass is 388 g/mol. The van der Waals surface area contributed by atoms with Crippen LogP contribution in [0, 0.1) is 0 Å². The first-order valence-corrected chi connectivity index (χ1v) is 10.3. The van der Waals surface area contributed by atoms with Gasteiger partial charge in [0.15, 0.2) is 5.78 Å². The number of Topliss-reactive ketones (excluding diaryl/α,β-unsaturated/α-hetero) is 1. The molecule has 0 spiro atoms. The summed E-state index contributed by atoms with van der Waals surface area (Å²) in [7, 11) is 1.59. The number of nitrogens with one attached hydrogen (secondary N) is 2. The van der Waals surface area contributed by atoms with Crippen molar-refractivity contribution < 1.29 is 14.3 Å². The van der Waals surface area contributed by atoms with Crippen molar-refractivity contribution in [2.45, 2.75) is 25.8 Å². The zero-order valence-electron chi connectivity index (χ0n) is 16.8. The van der Waals surface area contributed by atoms with Crippen LogP contribution >= 0.6 is 0 Å². The molecular formula is C21H32N4O3. The van der Waals surface area contributed by atoms with Crippen LogP contribution in [-0.4, -0.2) is 81.0 Å². The molecule has 2 aliphatic heterocycles. The van der Waals surface area contributed by atoms with E-state index in [9.17, 15) is 9.59 Å². The third-order valence-corrected chi connectivity index (χ3v) is 5.43. The Hall–Kier alpha value is -1.96. The molecule has 0 aromatic heterocycles. The molecule has 2 fully saturated rings. The summed E-state index contributed by atoms with van der Waals surface area (Å²) in [6, 6.07) is 5.70. The van der Waals surface area contributed by atoms with E-state index in [-0.39, 0.29) is 11.7 Å². The quantitative estimate of drug-likeness (QED) is 0.483. The Morgan fingerprint density at radius 2 is 2.00 bits per heavy atom. The van der Waals surface area contributed by atoms with Gasteiger partial charge in [0.05, 0.1) is 25.8 Å². The first-order valence-electron chi connectivity index (χ1n) is 10.3. The Balaban J connectivity index is 1.49. The number of hydrogen-bond donors (Lipinski definition) is 2. The molecule has 7 nitrogen and oxygen atoms in total. The number of amides is 1. The highest BCUT2D eigenvalue weighted by atomic mass is 16.5. The van der Waals surface area contributed by atoms with Gasteiger partial charge in [-0.15, -0.1) is 0 Å². The van der Waals surface area contributed by atoms with Crippen molar-refractivity contribution in [1.29, 1.82) is 0 Å². The van der Waals surface area contributed by atoms with Gasteiger partial charge in [-0.25, -0.2) is 0 Å². The lowest BCUT2D eigenvalue weighted by Crippen LogP contribution is -2.47. The molecule has 2 N–H and O–H groups in total. The summed E-state index contributed by atoms with van der Waals surface area (Å²) in [5, 5.41) is 6.10. The largest absolute Gasteiger partial charge is 0.496 e. The Morgan fingerprint density at radius 3 is 2.75 bits per heavy atom. The van der Waals surface area contributed by atoms with Crippen molar-refractivity contribution in [2.24, 2.45) is 0 Å². The topological polar surface area (TPSA) is 73.9 Å². The van der Waals surface area contributed by atoms with E-state index in [1.807, 2.05) is 18.2 Å². The van der Waals surface area contributed by atoms with Crippen LogP contribution in [0.2, 0.25) is 0 Å². The van der Waals surface area contributed by atoms with Crippen LogP contribution in [0.1, 0.15) is 35.2 Å². The average molecular weight is 389 g/mol. The summed E-state index contributed by atoms with van der Waals surface area (Å²) in [5.41, 5.74) is 1.65. The van der Waals surface area contributed by atoms with E-state index in [0.717, 1.165) is 25.2 Å². The average Bonchev–Trinajstić information content (AvgIpc) is 2.72. The molecule has 0 atom stereocenters. The smallest absolute Gasteiger partial charge is 0.234 e. The van der Waals surface area contributed by atoms with Gasteiger partial charge in [-0.1, -0.05) is 12.5 Å². The summed E-state index contributed by atoms with van der Waals surface area (Å²) < 4.78 is 5.46. The van der Waals surface area contributed by atoms with Gasteiger partial charge in [-0.05, 0) is 43.6 Å². The number of ether oxygens (including phenoxy) is 1. The Morgan fingerprint density at radius 1 is 1.18 bits per heavy atom. The predicted octanol–water partition coefficient (Wildman–Crippen LogP) is 0.885. The van der Waals surface area contributed by atoms with E-state index < -0.39 is 0 Å². The molecule has 2 heterocycles. The highest BCUT2D eigenvalue weighted by molar-refractivity contribution is 6.00. The van der Waals surface area contributed by atoms with Gasteiger partial charge in [0.25, 0.3) is 0 Å². The van der Waals surface area contributed by atoms with E-state index in [4.69, 9.17) is 4.74 Å². The van der Waals surface area contributed by atoms with E-state index >= 15 is 0 Å². The van der Waals surface area contributed by atoms with Crippen molar-refractivity contribution in [2.75, 3.05) is 59.5 Å². The molecule has 0 aliphatic carbocycles. The van der Waals surface area contributed by atoms with E-state index in [2.05, 4.69) is 20.4 Å². The molecule has 7 heteroatoms. The van der Waals surface area contributed by atoms with Crippen molar-refractivity contribution in [3.63, 3.8) is 0 Å². The maximum absolute atomic E-state index is 12.6. The van der Waals surface area contributed by atoms with Gasteiger partial charge in [-0.3, -0.25) is 14.5 Å². The number of piperazine rings is 1. The van der Waals surface area contributed by atoms with Crippen LogP contribution in [0.25, 0.3) is 0 Å². The predicted molar refractivity (Wildman–Crippen MR) is 109 cm³/mol. The minimum atomic E-state index is 0.0411. The third kappa shape index (κ3) is 6.02. The van der Waals surface area contributed by atoms with E-state index in [1.165, 1.54) is 32.4 Å².